The van der Waals surface area contributed by atoms with Crippen LogP contribution < -0.4 is 10.6 Å². The second-order valence-corrected chi connectivity index (χ2v) is 7.32. The smallest absolute Gasteiger partial charge is 0.251 e. The Kier molecular flexibility index (Phi) is 5.79. The number of benzene rings is 2. The van der Waals surface area contributed by atoms with E-state index in [1.165, 1.54) is 31.4 Å². The highest BCUT2D eigenvalue weighted by atomic mass is 19.1. The third-order valence-electron chi connectivity index (χ3n) is 5.14. The molecule has 2 aromatic carbocycles. The van der Waals surface area contributed by atoms with Crippen LogP contribution in [0.3, 0.4) is 0 Å². The molecule has 2 N–H and O–H groups in total. The average Bonchev–Trinajstić information content (AvgIpc) is 2.76. The number of nitrogens with zero attached hydrogens (tertiary/aromatic N) is 2. The lowest BCUT2D eigenvalue weighted by molar-refractivity contribution is 0.0927. The van der Waals surface area contributed by atoms with Crippen LogP contribution in [-0.4, -0.2) is 22.1 Å². The summed E-state index contributed by atoms with van der Waals surface area (Å²) >= 11 is 0. The van der Waals surface area contributed by atoms with Crippen molar-refractivity contribution in [3.05, 3.63) is 72.0 Å². The summed E-state index contributed by atoms with van der Waals surface area (Å²) in [6.07, 6.45) is 5.73. The largest absolute Gasteiger partial charge is 0.349 e. The number of nitrogens with one attached hydrogen (secondary N) is 2. The fraction of sp³-hybridized carbons (Fsp3) is 0.261. The third kappa shape index (κ3) is 4.96. The van der Waals surface area contributed by atoms with Crippen LogP contribution in [0.5, 0.6) is 0 Å². The first kappa shape index (κ1) is 19.1. The summed E-state index contributed by atoms with van der Waals surface area (Å²) in [5, 5.41) is 14.7. The first-order valence-corrected chi connectivity index (χ1v) is 9.95. The maximum absolute atomic E-state index is 13.1. The Morgan fingerprint density at radius 3 is 2.45 bits per heavy atom. The lowest BCUT2D eigenvalue weighted by Crippen LogP contribution is -2.36. The van der Waals surface area contributed by atoms with Crippen molar-refractivity contribution < 1.29 is 9.18 Å². The van der Waals surface area contributed by atoms with Crippen LogP contribution in [-0.2, 0) is 0 Å². The maximum atomic E-state index is 13.1. The highest BCUT2D eigenvalue weighted by Gasteiger charge is 2.16. The minimum Gasteiger partial charge on any atom is -0.349 e. The number of rotatable bonds is 5. The molecule has 1 saturated carbocycles. The van der Waals surface area contributed by atoms with Gasteiger partial charge in [-0.1, -0.05) is 25.3 Å². The molecule has 0 aliphatic heterocycles. The Hall–Kier alpha value is -3.28. The van der Waals surface area contributed by atoms with Crippen LogP contribution in [0, 0.1) is 5.82 Å². The molecule has 1 heterocycles. The number of halogens is 1. The number of carbonyl (C=O) groups is 1. The van der Waals surface area contributed by atoms with Crippen LogP contribution in [0.15, 0.2) is 60.7 Å². The quantitative estimate of drug-likeness (QED) is 0.637. The van der Waals surface area contributed by atoms with E-state index in [4.69, 9.17) is 0 Å². The second kappa shape index (κ2) is 8.82. The van der Waals surface area contributed by atoms with E-state index in [1.54, 1.807) is 18.2 Å². The van der Waals surface area contributed by atoms with Gasteiger partial charge >= 0.3 is 0 Å². The predicted octanol–water partition coefficient (Wildman–Crippen LogP) is 5.09. The van der Waals surface area contributed by atoms with E-state index in [0.717, 1.165) is 24.1 Å². The molecule has 0 atom stereocenters. The summed E-state index contributed by atoms with van der Waals surface area (Å²) < 4.78 is 13.1. The molecule has 0 bridgehead atoms. The normalized spacial score (nSPS) is 14.4. The van der Waals surface area contributed by atoms with Gasteiger partial charge in [-0.25, -0.2) is 4.39 Å². The monoisotopic (exact) mass is 390 g/mol. The molecule has 1 fully saturated rings. The lowest BCUT2D eigenvalue weighted by Gasteiger charge is -2.22. The maximum Gasteiger partial charge on any atom is 0.251 e. The van der Waals surface area contributed by atoms with Crippen LogP contribution >= 0.6 is 0 Å². The van der Waals surface area contributed by atoms with Gasteiger partial charge in [0.05, 0.1) is 5.69 Å². The summed E-state index contributed by atoms with van der Waals surface area (Å²) in [6.45, 7) is 0. The molecule has 6 heteroatoms. The number of carbonyl (C=O) groups excluding carboxylic acids is 1. The van der Waals surface area contributed by atoms with Gasteiger partial charge in [0.25, 0.3) is 5.91 Å². The Bertz CT molecular complexity index is 967. The Morgan fingerprint density at radius 1 is 0.931 bits per heavy atom. The van der Waals surface area contributed by atoms with Crippen LogP contribution in [0.1, 0.15) is 42.5 Å². The molecule has 1 aliphatic rings. The lowest BCUT2D eigenvalue weighted by atomic mass is 9.95. The molecule has 148 valence electrons. The van der Waals surface area contributed by atoms with Crippen molar-refractivity contribution in [3.8, 4) is 11.3 Å². The van der Waals surface area contributed by atoms with Crippen molar-refractivity contribution in [1.82, 2.24) is 15.5 Å². The van der Waals surface area contributed by atoms with E-state index in [0.29, 0.717) is 17.1 Å². The molecule has 5 nitrogen and oxygen atoms in total. The first-order chi connectivity index (χ1) is 14.2. The first-order valence-electron chi connectivity index (χ1n) is 9.95. The Morgan fingerprint density at radius 2 is 1.72 bits per heavy atom. The van der Waals surface area contributed by atoms with Gasteiger partial charge in [-0.2, -0.15) is 0 Å². The van der Waals surface area contributed by atoms with Gasteiger partial charge in [-0.3, -0.25) is 4.79 Å². The Balaban J connectivity index is 1.42. The highest BCUT2D eigenvalue weighted by Crippen LogP contribution is 2.21. The van der Waals surface area contributed by atoms with Crippen molar-refractivity contribution >= 4 is 17.4 Å². The molecule has 3 aromatic rings. The summed E-state index contributed by atoms with van der Waals surface area (Å²) in [5.74, 6) is 0.242. The standard InChI is InChI=1S/C23H23FN4O/c24-18-11-9-16(10-12-18)21-13-14-22(28-27-21)25-20-8-4-5-17(15-20)23(29)26-19-6-2-1-3-7-19/h4-5,8-15,19H,1-3,6-7H2,(H,25,28)(H,26,29). The zero-order chi connectivity index (χ0) is 20.1. The van der Waals surface area contributed by atoms with Crippen LogP contribution in [0.25, 0.3) is 11.3 Å². The minimum atomic E-state index is -0.285. The van der Waals surface area contributed by atoms with Gasteiger partial charge < -0.3 is 10.6 Å². The molecular weight excluding hydrogens is 367 g/mol. The topological polar surface area (TPSA) is 66.9 Å². The van der Waals surface area contributed by atoms with Crippen molar-refractivity contribution in [1.29, 1.82) is 0 Å². The molecule has 29 heavy (non-hydrogen) atoms. The van der Waals surface area contributed by atoms with Crippen LogP contribution in [0.2, 0.25) is 0 Å². The fourth-order valence-corrected chi connectivity index (χ4v) is 3.58. The molecular formula is C23H23FN4O. The van der Waals surface area contributed by atoms with Gasteiger partial charge in [-0.15, -0.1) is 10.2 Å². The summed E-state index contributed by atoms with van der Waals surface area (Å²) in [5.41, 5.74) is 2.85. The zero-order valence-electron chi connectivity index (χ0n) is 16.1. The van der Waals surface area contributed by atoms with Gasteiger partial charge in [0.2, 0.25) is 0 Å². The molecule has 0 unspecified atom stereocenters. The molecule has 4 rings (SSSR count). The predicted molar refractivity (Wildman–Crippen MR) is 111 cm³/mol. The SMILES string of the molecule is O=C(NC1CCCCC1)c1cccc(Nc2ccc(-c3ccc(F)cc3)nn2)c1. The molecule has 1 aliphatic carbocycles. The fourth-order valence-electron chi connectivity index (χ4n) is 3.58. The molecule has 1 amide bonds. The number of aromatic nitrogens is 2. The third-order valence-corrected chi connectivity index (χ3v) is 5.14. The molecule has 0 spiro atoms. The van der Waals surface area contributed by atoms with E-state index >= 15 is 0 Å². The van der Waals surface area contributed by atoms with E-state index in [1.807, 2.05) is 30.3 Å². The van der Waals surface area contributed by atoms with Gasteiger partial charge in [0, 0.05) is 22.9 Å². The van der Waals surface area contributed by atoms with Gasteiger partial charge in [-0.05, 0) is 67.4 Å². The van der Waals surface area contributed by atoms with E-state index < -0.39 is 0 Å². The van der Waals surface area contributed by atoms with Crippen LogP contribution in [0.4, 0.5) is 15.9 Å². The van der Waals surface area contributed by atoms with E-state index in [-0.39, 0.29) is 17.8 Å². The second-order valence-electron chi connectivity index (χ2n) is 7.32. The van der Waals surface area contributed by atoms with Crippen molar-refractivity contribution in [3.63, 3.8) is 0 Å². The van der Waals surface area contributed by atoms with E-state index in [2.05, 4.69) is 20.8 Å². The minimum absolute atomic E-state index is 0.0432. The summed E-state index contributed by atoms with van der Waals surface area (Å²) in [4.78, 5) is 12.5. The number of anilines is 2. The summed E-state index contributed by atoms with van der Waals surface area (Å²) in [6, 6.07) is 17.4. The zero-order valence-corrected chi connectivity index (χ0v) is 16.1. The van der Waals surface area contributed by atoms with Gasteiger partial charge in [0.1, 0.15) is 5.82 Å². The Labute approximate surface area is 169 Å². The van der Waals surface area contributed by atoms with Crippen molar-refractivity contribution in [2.75, 3.05) is 5.32 Å². The average molecular weight is 390 g/mol. The molecule has 1 aromatic heterocycles. The van der Waals surface area contributed by atoms with Gasteiger partial charge in [0.15, 0.2) is 5.82 Å². The highest BCUT2D eigenvalue weighted by molar-refractivity contribution is 5.95. The number of hydrogen-bond acceptors (Lipinski definition) is 4. The summed E-state index contributed by atoms with van der Waals surface area (Å²) in [7, 11) is 0. The van der Waals surface area contributed by atoms with Crippen molar-refractivity contribution in [2.45, 2.75) is 38.1 Å². The number of amides is 1. The molecule has 0 radical (unpaired) electrons. The number of hydrogen-bond donors (Lipinski definition) is 2. The van der Waals surface area contributed by atoms with Crippen molar-refractivity contribution in [2.24, 2.45) is 0 Å². The van der Waals surface area contributed by atoms with E-state index in [9.17, 15) is 9.18 Å². The molecule has 0 saturated heterocycles.